The molecule has 0 unspecified atom stereocenters. The fourth-order valence-electron chi connectivity index (χ4n) is 1.26. The van der Waals surface area contributed by atoms with Crippen LogP contribution in [0.25, 0.3) is 5.57 Å². The summed E-state index contributed by atoms with van der Waals surface area (Å²) in [6.07, 6.45) is 0. The molecule has 0 atom stereocenters. The second-order valence-corrected chi connectivity index (χ2v) is 3.61. The van der Waals surface area contributed by atoms with Crippen LogP contribution in [0.4, 0.5) is 0 Å². The molecule has 0 bridgehead atoms. The first-order valence-corrected chi connectivity index (χ1v) is 4.33. The van der Waals surface area contributed by atoms with Crippen LogP contribution in [0, 0.1) is 13.8 Å². The zero-order chi connectivity index (χ0) is 9.30. The molecule has 0 saturated heterocycles. The van der Waals surface area contributed by atoms with Gasteiger partial charge in [-0.2, -0.15) is 0 Å². The van der Waals surface area contributed by atoms with Gasteiger partial charge in [0.2, 0.25) is 0 Å². The summed E-state index contributed by atoms with van der Waals surface area (Å²) in [5, 5.41) is 0.827. The number of hydrogen-bond acceptors (Lipinski definition) is 0. The minimum atomic E-state index is 0.827. The number of hydrogen-bond donors (Lipinski definition) is 0. The van der Waals surface area contributed by atoms with E-state index in [1.165, 1.54) is 11.1 Å². The fraction of sp³-hybridized carbons (Fsp3) is 0.273. The average Bonchev–Trinajstić information content (AvgIpc) is 1.96. The maximum absolute atomic E-state index is 6.02. The number of halogens is 1. The highest BCUT2D eigenvalue weighted by Crippen LogP contribution is 2.25. The summed E-state index contributed by atoms with van der Waals surface area (Å²) in [5.74, 6) is 0. The van der Waals surface area contributed by atoms with Crippen molar-refractivity contribution in [3.8, 4) is 0 Å². The van der Waals surface area contributed by atoms with Crippen molar-refractivity contribution >= 4 is 17.2 Å². The molecule has 1 aromatic carbocycles. The third kappa shape index (κ3) is 1.70. The van der Waals surface area contributed by atoms with Crippen LogP contribution in [-0.2, 0) is 0 Å². The van der Waals surface area contributed by atoms with Crippen LogP contribution >= 0.6 is 11.6 Å². The van der Waals surface area contributed by atoms with Gasteiger partial charge in [-0.1, -0.05) is 29.8 Å². The predicted octanol–water partition coefficient (Wildman–Crippen LogP) is 3.99. The summed E-state index contributed by atoms with van der Waals surface area (Å²) in [6.45, 7) is 9.97. The first-order valence-electron chi connectivity index (χ1n) is 3.95. The second-order valence-electron chi connectivity index (χ2n) is 3.20. The molecule has 1 heteroatoms. The molecule has 1 aromatic rings. The van der Waals surface area contributed by atoms with Crippen molar-refractivity contribution < 1.29 is 0 Å². The number of benzene rings is 1. The molecule has 0 radical (unpaired) electrons. The molecule has 0 N–H and O–H groups in total. The van der Waals surface area contributed by atoms with E-state index < -0.39 is 0 Å². The van der Waals surface area contributed by atoms with E-state index in [0.29, 0.717) is 0 Å². The molecule has 1 rings (SSSR count). The zero-order valence-corrected chi connectivity index (χ0v) is 8.50. The Morgan fingerprint density at radius 3 is 2.42 bits per heavy atom. The van der Waals surface area contributed by atoms with Crippen LogP contribution in [0.5, 0.6) is 0 Å². The molecule has 0 aliphatic carbocycles. The molecule has 0 aliphatic heterocycles. The van der Waals surface area contributed by atoms with Crippen molar-refractivity contribution in [3.05, 3.63) is 40.4 Å². The lowest BCUT2D eigenvalue weighted by Crippen LogP contribution is -1.87. The Balaban J connectivity index is 3.37. The van der Waals surface area contributed by atoms with Gasteiger partial charge in [-0.15, -0.1) is 0 Å². The fourth-order valence-corrected chi connectivity index (χ4v) is 1.53. The molecule has 0 heterocycles. The Kier molecular flexibility index (Phi) is 2.58. The normalized spacial score (nSPS) is 10.0. The van der Waals surface area contributed by atoms with Gasteiger partial charge in [-0.05, 0) is 43.5 Å². The van der Waals surface area contributed by atoms with Crippen LogP contribution in [0.3, 0.4) is 0 Å². The van der Waals surface area contributed by atoms with Crippen molar-refractivity contribution in [3.63, 3.8) is 0 Å². The highest BCUT2D eigenvalue weighted by Gasteiger charge is 2.03. The van der Waals surface area contributed by atoms with Gasteiger partial charge >= 0.3 is 0 Å². The first-order chi connectivity index (χ1) is 5.52. The average molecular weight is 181 g/mol. The Morgan fingerprint density at radius 2 is 1.92 bits per heavy atom. The summed E-state index contributed by atoms with van der Waals surface area (Å²) in [4.78, 5) is 0. The van der Waals surface area contributed by atoms with Crippen LogP contribution in [0.15, 0.2) is 18.7 Å². The Hall–Kier alpha value is -0.750. The summed E-state index contributed by atoms with van der Waals surface area (Å²) in [6, 6.07) is 4.09. The van der Waals surface area contributed by atoms with Gasteiger partial charge in [0.15, 0.2) is 0 Å². The quantitative estimate of drug-likeness (QED) is 0.613. The minimum Gasteiger partial charge on any atom is -0.0955 e. The standard InChI is InChI=1S/C11H13Cl/c1-7(2)10-5-8(3)6-11(12)9(10)4/h5-6H,1H2,2-4H3. The molecule has 0 spiro atoms. The maximum atomic E-state index is 6.02. The summed E-state index contributed by atoms with van der Waals surface area (Å²) in [5.41, 5.74) is 4.54. The smallest absolute Gasteiger partial charge is 0.0443 e. The number of allylic oxidation sites excluding steroid dienone is 1. The van der Waals surface area contributed by atoms with Gasteiger partial charge in [0.1, 0.15) is 0 Å². The first kappa shape index (κ1) is 9.34. The molecule has 0 aromatic heterocycles. The molecule has 0 nitrogen and oxygen atoms in total. The monoisotopic (exact) mass is 180 g/mol. The van der Waals surface area contributed by atoms with Gasteiger partial charge in [0.05, 0.1) is 0 Å². The highest BCUT2D eigenvalue weighted by molar-refractivity contribution is 6.31. The van der Waals surface area contributed by atoms with E-state index in [9.17, 15) is 0 Å². The van der Waals surface area contributed by atoms with Gasteiger partial charge in [-0.25, -0.2) is 0 Å². The third-order valence-electron chi connectivity index (χ3n) is 1.95. The van der Waals surface area contributed by atoms with E-state index in [1.54, 1.807) is 0 Å². The third-order valence-corrected chi connectivity index (χ3v) is 2.34. The molecule has 0 amide bonds. The lowest BCUT2D eigenvalue weighted by molar-refractivity contribution is 1.35. The van der Waals surface area contributed by atoms with Crippen molar-refractivity contribution in [2.24, 2.45) is 0 Å². The van der Waals surface area contributed by atoms with E-state index in [1.807, 2.05) is 26.8 Å². The maximum Gasteiger partial charge on any atom is 0.0443 e. The Labute approximate surface area is 78.9 Å². The summed E-state index contributed by atoms with van der Waals surface area (Å²) in [7, 11) is 0. The van der Waals surface area contributed by atoms with Gasteiger partial charge in [0.25, 0.3) is 0 Å². The topological polar surface area (TPSA) is 0 Å². The van der Waals surface area contributed by atoms with Gasteiger partial charge in [0, 0.05) is 5.02 Å². The molecule has 64 valence electrons. The molecular formula is C11H13Cl. The summed E-state index contributed by atoms with van der Waals surface area (Å²) < 4.78 is 0. The Morgan fingerprint density at radius 1 is 1.33 bits per heavy atom. The second kappa shape index (κ2) is 3.32. The van der Waals surface area contributed by atoms with Crippen molar-refractivity contribution in [2.75, 3.05) is 0 Å². The van der Waals surface area contributed by atoms with Crippen LogP contribution < -0.4 is 0 Å². The predicted molar refractivity (Wildman–Crippen MR) is 55.6 cm³/mol. The van der Waals surface area contributed by atoms with Gasteiger partial charge < -0.3 is 0 Å². The lowest BCUT2D eigenvalue weighted by Gasteiger charge is -2.08. The Bertz CT molecular complexity index is 324. The van der Waals surface area contributed by atoms with E-state index in [2.05, 4.69) is 12.6 Å². The van der Waals surface area contributed by atoms with Gasteiger partial charge in [-0.3, -0.25) is 0 Å². The lowest BCUT2D eigenvalue weighted by atomic mass is 10.0. The largest absolute Gasteiger partial charge is 0.0955 e. The SMILES string of the molecule is C=C(C)c1cc(C)cc(Cl)c1C. The van der Waals surface area contributed by atoms with Crippen molar-refractivity contribution in [1.29, 1.82) is 0 Å². The molecular weight excluding hydrogens is 168 g/mol. The van der Waals surface area contributed by atoms with Crippen LogP contribution in [-0.4, -0.2) is 0 Å². The van der Waals surface area contributed by atoms with Crippen LogP contribution in [0.1, 0.15) is 23.6 Å². The highest BCUT2D eigenvalue weighted by atomic mass is 35.5. The molecule has 0 saturated carbocycles. The van der Waals surface area contributed by atoms with Crippen LogP contribution in [0.2, 0.25) is 5.02 Å². The van der Waals surface area contributed by atoms with E-state index in [4.69, 9.17) is 11.6 Å². The number of aryl methyl sites for hydroxylation is 1. The minimum absolute atomic E-state index is 0.827. The van der Waals surface area contributed by atoms with Crippen molar-refractivity contribution in [2.45, 2.75) is 20.8 Å². The molecule has 12 heavy (non-hydrogen) atoms. The van der Waals surface area contributed by atoms with E-state index >= 15 is 0 Å². The van der Waals surface area contributed by atoms with E-state index in [-0.39, 0.29) is 0 Å². The zero-order valence-electron chi connectivity index (χ0n) is 7.74. The number of rotatable bonds is 1. The molecule has 0 fully saturated rings. The van der Waals surface area contributed by atoms with E-state index in [0.717, 1.165) is 16.2 Å². The summed E-state index contributed by atoms with van der Waals surface area (Å²) >= 11 is 6.02. The molecule has 0 aliphatic rings. The van der Waals surface area contributed by atoms with Crippen molar-refractivity contribution in [1.82, 2.24) is 0 Å².